The summed E-state index contributed by atoms with van der Waals surface area (Å²) >= 11 is 0. The Kier molecular flexibility index (Phi) is 6.24. The second-order valence-corrected chi connectivity index (χ2v) is 3.60. The molecule has 0 spiro atoms. The Hall–Kier alpha value is -1.46. The average molecular weight is 216 g/mol. The molecule has 0 N–H and O–H groups in total. The summed E-state index contributed by atoms with van der Waals surface area (Å²) < 4.78 is 9.27. The van der Waals surface area contributed by atoms with E-state index >= 15 is 0 Å². The molecule has 0 fully saturated rings. The Morgan fingerprint density at radius 2 is 1.60 bits per heavy atom. The number of hydrogen-bond donors (Lipinski definition) is 0. The predicted octanol–water partition coefficient (Wildman–Crippen LogP) is 2.78. The van der Waals surface area contributed by atoms with Gasteiger partial charge in [-0.3, -0.25) is 0 Å². The number of ether oxygens (including phenoxy) is 2. The number of nitrogens with zero attached hydrogens (tertiary/aromatic N) is 2. The van der Waals surface area contributed by atoms with Crippen LogP contribution in [-0.2, 0) is 9.47 Å². The average Bonchev–Trinajstić information content (AvgIpc) is 2.10. The highest BCUT2D eigenvalue weighted by atomic mass is 16.6. The molecule has 0 aliphatic rings. The fourth-order valence-corrected chi connectivity index (χ4v) is 0.574. The SMILES string of the molecule is CC(C)COC(=O)N=NC(=O)OC(C)C. The maximum Gasteiger partial charge on any atom is 0.452 e. The Labute approximate surface area is 88.7 Å². The van der Waals surface area contributed by atoms with Crippen LogP contribution < -0.4 is 0 Å². The molecule has 0 aromatic carbocycles. The van der Waals surface area contributed by atoms with Crippen LogP contribution in [0.2, 0.25) is 0 Å². The van der Waals surface area contributed by atoms with Crippen LogP contribution in [-0.4, -0.2) is 24.9 Å². The van der Waals surface area contributed by atoms with Gasteiger partial charge in [0.2, 0.25) is 0 Å². The van der Waals surface area contributed by atoms with Crippen LogP contribution in [0.5, 0.6) is 0 Å². The van der Waals surface area contributed by atoms with Crippen molar-refractivity contribution in [2.75, 3.05) is 6.61 Å². The molecule has 0 aliphatic heterocycles. The molecule has 0 aliphatic carbocycles. The number of carbonyl (C=O) groups is 2. The fourth-order valence-electron chi connectivity index (χ4n) is 0.574. The molecule has 0 saturated heterocycles. The van der Waals surface area contributed by atoms with Crippen molar-refractivity contribution in [3.05, 3.63) is 0 Å². The van der Waals surface area contributed by atoms with Gasteiger partial charge in [-0.05, 0) is 19.8 Å². The molecule has 86 valence electrons. The molecule has 6 nitrogen and oxygen atoms in total. The van der Waals surface area contributed by atoms with E-state index in [1.807, 2.05) is 13.8 Å². The van der Waals surface area contributed by atoms with E-state index < -0.39 is 12.2 Å². The number of carbonyl (C=O) groups excluding carboxylic acids is 2. The van der Waals surface area contributed by atoms with Crippen LogP contribution in [0.15, 0.2) is 10.2 Å². The second-order valence-electron chi connectivity index (χ2n) is 3.60. The van der Waals surface area contributed by atoms with Crippen molar-refractivity contribution < 1.29 is 19.1 Å². The van der Waals surface area contributed by atoms with Crippen LogP contribution in [0.25, 0.3) is 0 Å². The highest BCUT2D eigenvalue weighted by molar-refractivity contribution is 5.73. The van der Waals surface area contributed by atoms with E-state index in [2.05, 4.69) is 19.7 Å². The lowest BCUT2D eigenvalue weighted by atomic mass is 10.2. The van der Waals surface area contributed by atoms with Gasteiger partial charge in [0.1, 0.15) is 0 Å². The van der Waals surface area contributed by atoms with Crippen molar-refractivity contribution in [2.24, 2.45) is 16.1 Å². The zero-order chi connectivity index (χ0) is 11.8. The Bertz CT molecular complexity index is 248. The minimum absolute atomic E-state index is 0.215. The first-order chi connectivity index (χ1) is 6.91. The molecule has 0 saturated carbocycles. The molecule has 0 radical (unpaired) electrons. The molecule has 15 heavy (non-hydrogen) atoms. The van der Waals surface area contributed by atoms with E-state index in [1.54, 1.807) is 13.8 Å². The zero-order valence-corrected chi connectivity index (χ0v) is 9.39. The molecule has 0 rings (SSSR count). The summed E-state index contributed by atoms with van der Waals surface area (Å²) in [6.45, 7) is 7.36. The van der Waals surface area contributed by atoms with Gasteiger partial charge in [-0.1, -0.05) is 24.1 Å². The van der Waals surface area contributed by atoms with Crippen molar-refractivity contribution in [1.29, 1.82) is 0 Å². The third kappa shape index (κ3) is 8.86. The highest BCUT2D eigenvalue weighted by Gasteiger charge is 2.06. The van der Waals surface area contributed by atoms with Gasteiger partial charge in [-0.15, -0.1) is 0 Å². The molecular formula is C9H16N2O4. The van der Waals surface area contributed by atoms with Crippen molar-refractivity contribution in [1.82, 2.24) is 0 Å². The summed E-state index contributed by atoms with van der Waals surface area (Å²) in [5, 5.41) is 6.07. The summed E-state index contributed by atoms with van der Waals surface area (Å²) in [5.41, 5.74) is 0. The van der Waals surface area contributed by atoms with Crippen LogP contribution >= 0.6 is 0 Å². The van der Waals surface area contributed by atoms with Gasteiger partial charge in [0.15, 0.2) is 0 Å². The minimum Gasteiger partial charge on any atom is -0.447 e. The fraction of sp³-hybridized carbons (Fsp3) is 0.778. The molecule has 0 heterocycles. The summed E-state index contributed by atoms with van der Waals surface area (Å²) in [7, 11) is 0. The minimum atomic E-state index is -0.897. The second kappa shape index (κ2) is 6.92. The largest absolute Gasteiger partial charge is 0.452 e. The van der Waals surface area contributed by atoms with Gasteiger partial charge in [0, 0.05) is 0 Å². The van der Waals surface area contributed by atoms with Gasteiger partial charge in [0.05, 0.1) is 12.7 Å². The molecule has 0 aromatic rings. The van der Waals surface area contributed by atoms with Crippen LogP contribution in [0.1, 0.15) is 27.7 Å². The van der Waals surface area contributed by atoms with Crippen molar-refractivity contribution in [3.63, 3.8) is 0 Å². The van der Waals surface area contributed by atoms with Gasteiger partial charge >= 0.3 is 12.2 Å². The van der Waals surface area contributed by atoms with Crippen molar-refractivity contribution >= 4 is 12.2 Å². The predicted molar refractivity (Wildman–Crippen MR) is 52.7 cm³/mol. The maximum absolute atomic E-state index is 10.8. The highest BCUT2D eigenvalue weighted by Crippen LogP contribution is 1.97. The first-order valence-corrected chi connectivity index (χ1v) is 4.71. The van der Waals surface area contributed by atoms with E-state index in [1.165, 1.54) is 0 Å². The van der Waals surface area contributed by atoms with Gasteiger partial charge in [-0.2, -0.15) is 0 Å². The van der Waals surface area contributed by atoms with Crippen molar-refractivity contribution in [2.45, 2.75) is 33.8 Å². The number of amides is 2. The quantitative estimate of drug-likeness (QED) is 0.679. The summed E-state index contributed by atoms with van der Waals surface area (Å²) in [6, 6.07) is 0. The molecule has 0 bridgehead atoms. The summed E-state index contributed by atoms with van der Waals surface area (Å²) in [6.07, 6.45) is -2.07. The van der Waals surface area contributed by atoms with Crippen LogP contribution in [0.3, 0.4) is 0 Å². The molecule has 6 heteroatoms. The molecule has 0 atom stereocenters. The Balaban J connectivity index is 3.85. The van der Waals surface area contributed by atoms with Crippen LogP contribution in [0.4, 0.5) is 9.59 Å². The first kappa shape index (κ1) is 13.5. The molecule has 0 unspecified atom stereocenters. The number of hydrogen-bond acceptors (Lipinski definition) is 4. The van der Waals surface area contributed by atoms with Gasteiger partial charge in [0.25, 0.3) is 0 Å². The zero-order valence-electron chi connectivity index (χ0n) is 9.39. The molecule has 0 aromatic heterocycles. The van der Waals surface area contributed by atoms with E-state index in [4.69, 9.17) is 0 Å². The monoisotopic (exact) mass is 216 g/mol. The topological polar surface area (TPSA) is 77.3 Å². The third-order valence-corrected chi connectivity index (χ3v) is 1.09. The Morgan fingerprint density at radius 3 is 2.07 bits per heavy atom. The van der Waals surface area contributed by atoms with Gasteiger partial charge < -0.3 is 9.47 Å². The third-order valence-electron chi connectivity index (χ3n) is 1.09. The first-order valence-electron chi connectivity index (χ1n) is 4.71. The van der Waals surface area contributed by atoms with E-state index in [0.717, 1.165) is 0 Å². The van der Waals surface area contributed by atoms with Crippen molar-refractivity contribution in [3.8, 4) is 0 Å². The lowest BCUT2D eigenvalue weighted by molar-refractivity contribution is 0.120. The molecule has 2 amide bonds. The lowest BCUT2D eigenvalue weighted by Crippen LogP contribution is -2.09. The number of rotatable bonds is 3. The molecular weight excluding hydrogens is 200 g/mol. The van der Waals surface area contributed by atoms with Crippen LogP contribution in [0, 0.1) is 5.92 Å². The summed E-state index contributed by atoms with van der Waals surface area (Å²) in [5.74, 6) is 0.215. The summed E-state index contributed by atoms with van der Waals surface area (Å²) in [4.78, 5) is 21.7. The van der Waals surface area contributed by atoms with Gasteiger partial charge in [-0.25, -0.2) is 9.59 Å². The number of azo groups is 1. The Morgan fingerprint density at radius 1 is 1.07 bits per heavy atom. The van der Waals surface area contributed by atoms with E-state index in [-0.39, 0.29) is 18.6 Å². The lowest BCUT2D eigenvalue weighted by Gasteiger charge is -2.03. The van der Waals surface area contributed by atoms with E-state index in [9.17, 15) is 9.59 Å². The van der Waals surface area contributed by atoms with E-state index in [0.29, 0.717) is 0 Å². The smallest absolute Gasteiger partial charge is 0.447 e. The standard InChI is InChI=1S/C9H16N2O4/c1-6(2)5-14-8(12)10-11-9(13)15-7(3)4/h6-7H,5H2,1-4H3. The maximum atomic E-state index is 10.8. The normalized spacial score (nSPS) is 11.1.